The number of hydrogen-bond acceptors (Lipinski definition) is 6. The van der Waals surface area contributed by atoms with Crippen LogP contribution in [0.2, 0.25) is 0 Å². The van der Waals surface area contributed by atoms with Gasteiger partial charge >= 0.3 is 18.0 Å². The molecule has 0 bridgehead atoms. The number of aryl methyl sites for hydroxylation is 1. The van der Waals surface area contributed by atoms with E-state index < -0.39 is 18.0 Å². The van der Waals surface area contributed by atoms with E-state index in [0.29, 0.717) is 6.54 Å². The van der Waals surface area contributed by atoms with Gasteiger partial charge in [0, 0.05) is 56.0 Å². The summed E-state index contributed by atoms with van der Waals surface area (Å²) in [4.78, 5) is 47.7. The smallest absolute Gasteiger partial charge is 0.424 e. The Kier molecular flexibility index (Phi) is 9.10. The van der Waals surface area contributed by atoms with E-state index in [2.05, 4.69) is 24.3 Å². The first kappa shape index (κ1) is 30.5. The van der Waals surface area contributed by atoms with E-state index in [-0.39, 0.29) is 50.5 Å². The quantitative estimate of drug-likeness (QED) is 0.198. The minimum absolute atomic E-state index is 0.0365. The van der Waals surface area contributed by atoms with E-state index in [1.54, 1.807) is 25.2 Å². The maximum absolute atomic E-state index is 13.2. The van der Waals surface area contributed by atoms with Crippen LogP contribution in [0.15, 0.2) is 72.8 Å². The lowest BCUT2D eigenvalue weighted by Gasteiger charge is -2.28. The zero-order chi connectivity index (χ0) is 31.4. The summed E-state index contributed by atoms with van der Waals surface area (Å²) in [7, 11) is 3.39. The lowest BCUT2D eigenvalue weighted by atomic mass is 9.98. The average Bonchev–Trinajstić information content (AvgIpc) is 3.51. The summed E-state index contributed by atoms with van der Waals surface area (Å²) in [6.07, 6.45) is -0.725. The van der Waals surface area contributed by atoms with Gasteiger partial charge < -0.3 is 19.5 Å². The fraction of sp³-hybridized carbons (Fsp3) is 0.294. The molecular formula is C34H35N3O7. The molecule has 0 saturated carbocycles. The molecular weight excluding hydrogens is 562 g/mol. The number of amides is 1. The number of rotatable bonds is 13. The number of carbonyl (C=O) groups excluding carboxylic acids is 2. The third-order valence-electron chi connectivity index (χ3n) is 8.12. The van der Waals surface area contributed by atoms with Gasteiger partial charge in [0.15, 0.2) is 0 Å². The molecule has 0 unspecified atom stereocenters. The SMILES string of the molecule is CN(Cc1cc2cc(CC(=O)CCC(=O)O)ccc2n1CCC(=O)O)N(C)C(=O)OCC1c2ccccc2-c2ccccc21. The molecule has 2 N–H and O–H groups in total. The molecule has 3 aromatic carbocycles. The Morgan fingerprint density at radius 3 is 2.09 bits per heavy atom. The number of nitrogens with zero attached hydrogens (tertiary/aromatic N) is 3. The molecule has 0 atom stereocenters. The largest absolute Gasteiger partial charge is 0.481 e. The van der Waals surface area contributed by atoms with Crippen LogP contribution in [0.1, 0.15) is 47.6 Å². The van der Waals surface area contributed by atoms with Gasteiger partial charge in [-0.1, -0.05) is 54.6 Å². The van der Waals surface area contributed by atoms with Crippen LogP contribution >= 0.6 is 0 Å². The second kappa shape index (κ2) is 13.1. The molecule has 1 aliphatic carbocycles. The van der Waals surface area contributed by atoms with Crippen molar-refractivity contribution in [3.8, 4) is 11.1 Å². The van der Waals surface area contributed by atoms with Gasteiger partial charge in [0.1, 0.15) is 12.4 Å². The van der Waals surface area contributed by atoms with Crippen molar-refractivity contribution in [1.82, 2.24) is 14.6 Å². The number of Topliss-reactive ketones (excluding diaryl/α,β-unsaturated/α-hetero) is 1. The molecule has 44 heavy (non-hydrogen) atoms. The summed E-state index contributed by atoms with van der Waals surface area (Å²) in [5, 5.41) is 22.1. The van der Waals surface area contributed by atoms with Crippen LogP contribution in [-0.4, -0.2) is 69.3 Å². The highest BCUT2D eigenvalue weighted by atomic mass is 16.6. The topological polar surface area (TPSA) is 129 Å². The number of carbonyl (C=O) groups is 4. The van der Waals surface area contributed by atoms with Crippen molar-refractivity contribution < 1.29 is 34.1 Å². The van der Waals surface area contributed by atoms with Gasteiger partial charge in [-0.25, -0.2) is 14.8 Å². The van der Waals surface area contributed by atoms with Crippen molar-refractivity contribution in [3.05, 3.63) is 95.2 Å². The first-order valence-corrected chi connectivity index (χ1v) is 14.5. The number of aromatic nitrogens is 1. The summed E-state index contributed by atoms with van der Waals surface area (Å²) in [5.41, 5.74) is 6.90. The Balaban J connectivity index is 1.29. The molecule has 0 saturated heterocycles. The summed E-state index contributed by atoms with van der Waals surface area (Å²) >= 11 is 0. The van der Waals surface area contributed by atoms with Crippen LogP contribution < -0.4 is 0 Å². The molecule has 1 aliphatic rings. The monoisotopic (exact) mass is 597 g/mol. The maximum Gasteiger partial charge on any atom is 0.424 e. The fourth-order valence-corrected chi connectivity index (χ4v) is 5.82. The molecule has 1 aromatic heterocycles. The first-order chi connectivity index (χ1) is 21.1. The van der Waals surface area contributed by atoms with E-state index in [1.165, 1.54) is 5.01 Å². The number of benzene rings is 3. The van der Waals surface area contributed by atoms with Gasteiger partial charge in [0.05, 0.1) is 19.4 Å². The van der Waals surface area contributed by atoms with E-state index >= 15 is 0 Å². The number of hydrazine groups is 1. The normalized spacial score (nSPS) is 12.2. The van der Waals surface area contributed by atoms with E-state index in [9.17, 15) is 24.3 Å². The van der Waals surface area contributed by atoms with Crippen LogP contribution in [0.25, 0.3) is 22.0 Å². The summed E-state index contributed by atoms with van der Waals surface area (Å²) in [6.45, 7) is 0.716. The van der Waals surface area contributed by atoms with Crippen molar-refractivity contribution in [2.75, 3.05) is 20.7 Å². The summed E-state index contributed by atoms with van der Waals surface area (Å²) in [5.74, 6) is -2.17. The molecule has 0 spiro atoms. The predicted octanol–water partition coefficient (Wildman–Crippen LogP) is 5.32. The number of ether oxygens (including phenoxy) is 1. The predicted molar refractivity (Wildman–Crippen MR) is 164 cm³/mol. The number of fused-ring (bicyclic) bond motifs is 4. The fourth-order valence-electron chi connectivity index (χ4n) is 5.82. The molecule has 5 rings (SSSR count). The van der Waals surface area contributed by atoms with Crippen LogP contribution in [0.4, 0.5) is 4.79 Å². The number of carboxylic acid groups (broad SMARTS) is 2. The lowest BCUT2D eigenvalue weighted by molar-refractivity contribution is -0.138. The first-order valence-electron chi connectivity index (χ1n) is 14.5. The standard InChI is InChI=1S/C34H35N3O7/c1-35(36(2)34(43)44-21-30-28-9-5-3-7-26(28)27-8-4-6-10-29(27)30)20-24-19-23-17-22(18-25(38)12-14-32(39)40)11-13-31(23)37(24)16-15-33(41)42/h3-11,13,17,19,30H,12,14-16,18,20-21H2,1-2H3,(H,39,40)(H,41,42). The molecule has 10 nitrogen and oxygen atoms in total. The number of hydrogen-bond donors (Lipinski definition) is 2. The Hall–Kier alpha value is -4.96. The Morgan fingerprint density at radius 1 is 0.818 bits per heavy atom. The van der Waals surface area contributed by atoms with Gasteiger partial charge in [-0.05, 0) is 46.0 Å². The van der Waals surface area contributed by atoms with Crippen molar-refractivity contribution >= 4 is 34.7 Å². The number of carboxylic acids is 2. The molecule has 0 aliphatic heterocycles. The minimum Gasteiger partial charge on any atom is -0.481 e. The Bertz CT molecular complexity index is 1680. The summed E-state index contributed by atoms with van der Waals surface area (Å²) < 4.78 is 7.71. The van der Waals surface area contributed by atoms with Gasteiger partial charge in [-0.2, -0.15) is 0 Å². The van der Waals surface area contributed by atoms with Gasteiger partial charge in [-0.15, -0.1) is 0 Å². The van der Waals surface area contributed by atoms with Gasteiger partial charge in [-0.3, -0.25) is 14.4 Å². The minimum atomic E-state index is -1.01. The number of ketones is 1. The van der Waals surface area contributed by atoms with Crippen molar-refractivity contribution in [1.29, 1.82) is 0 Å². The second-order valence-electron chi connectivity index (χ2n) is 11.1. The molecule has 4 aromatic rings. The van der Waals surface area contributed by atoms with Crippen LogP contribution in [0.5, 0.6) is 0 Å². The Labute approximate surface area is 255 Å². The average molecular weight is 598 g/mol. The number of aliphatic carboxylic acids is 2. The molecule has 1 amide bonds. The highest BCUT2D eigenvalue weighted by Crippen LogP contribution is 2.44. The molecule has 0 radical (unpaired) electrons. The van der Waals surface area contributed by atoms with Crippen molar-refractivity contribution in [3.63, 3.8) is 0 Å². The zero-order valence-corrected chi connectivity index (χ0v) is 24.7. The van der Waals surface area contributed by atoms with Crippen molar-refractivity contribution in [2.45, 2.75) is 44.7 Å². The second-order valence-corrected chi connectivity index (χ2v) is 11.1. The van der Waals surface area contributed by atoms with E-state index in [4.69, 9.17) is 9.84 Å². The van der Waals surface area contributed by atoms with Crippen LogP contribution in [0, 0.1) is 0 Å². The highest BCUT2D eigenvalue weighted by molar-refractivity contribution is 5.87. The Morgan fingerprint density at radius 2 is 1.45 bits per heavy atom. The molecule has 1 heterocycles. The third kappa shape index (κ3) is 6.65. The van der Waals surface area contributed by atoms with E-state index in [0.717, 1.165) is 44.4 Å². The maximum atomic E-state index is 13.2. The highest BCUT2D eigenvalue weighted by Gasteiger charge is 2.30. The van der Waals surface area contributed by atoms with Crippen LogP contribution in [-0.2, 0) is 38.6 Å². The summed E-state index contributed by atoms with van der Waals surface area (Å²) in [6, 6.07) is 23.7. The van der Waals surface area contributed by atoms with Crippen molar-refractivity contribution in [2.24, 2.45) is 0 Å². The molecule has 0 fully saturated rings. The van der Waals surface area contributed by atoms with E-state index in [1.807, 2.05) is 47.0 Å². The van der Waals surface area contributed by atoms with Gasteiger partial charge in [0.25, 0.3) is 0 Å². The zero-order valence-electron chi connectivity index (χ0n) is 24.7. The lowest BCUT2D eigenvalue weighted by Crippen LogP contribution is -2.41. The molecule has 228 valence electrons. The van der Waals surface area contributed by atoms with Gasteiger partial charge in [0.2, 0.25) is 0 Å². The molecule has 10 heteroatoms. The third-order valence-corrected chi connectivity index (χ3v) is 8.12. The van der Waals surface area contributed by atoms with Crippen LogP contribution in [0.3, 0.4) is 0 Å².